The van der Waals surface area contributed by atoms with Gasteiger partial charge in [0.15, 0.2) is 0 Å². The van der Waals surface area contributed by atoms with Crippen LogP contribution in [0.3, 0.4) is 0 Å². The minimum absolute atomic E-state index is 0.0432. The van der Waals surface area contributed by atoms with Crippen LogP contribution in [0.1, 0.15) is 24.5 Å². The predicted octanol–water partition coefficient (Wildman–Crippen LogP) is 3.87. The zero-order valence-corrected chi connectivity index (χ0v) is 17.2. The minimum Gasteiger partial charge on any atom is -0.495 e. The predicted molar refractivity (Wildman–Crippen MR) is 106 cm³/mol. The van der Waals surface area contributed by atoms with Gasteiger partial charge in [-0.3, -0.25) is 0 Å². The Morgan fingerprint density at radius 3 is 2.58 bits per heavy atom. The van der Waals surface area contributed by atoms with E-state index in [1.807, 2.05) is 6.92 Å². The highest BCUT2D eigenvalue weighted by Crippen LogP contribution is 2.26. The van der Waals surface area contributed by atoms with Crippen LogP contribution in [0.2, 0.25) is 0 Å². The summed E-state index contributed by atoms with van der Waals surface area (Å²) in [5.74, 6) is 0.993. The number of rotatable bonds is 8. The Hall–Kier alpha value is -2.06. The first kappa shape index (κ1) is 20.3. The average Bonchev–Trinajstić information content (AvgIpc) is 2.61. The molecule has 0 atom stereocenters. The number of nitrogens with zero attached hydrogens (tertiary/aromatic N) is 1. The van der Waals surface area contributed by atoms with E-state index < -0.39 is 10.0 Å². The van der Waals surface area contributed by atoms with Gasteiger partial charge in [-0.15, -0.1) is 0 Å². The van der Waals surface area contributed by atoms with Gasteiger partial charge in [0.1, 0.15) is 16.4 Å². The Balaban J connectivity index is 2.15. The fourth-order valence-corrected chi connectivity index (χ4v) is 3.70. The summed E-state index contributed by atoms with van der Waals surface area (Å²) in [7, 11) is -2.41. The highest BCUT2D eigenvalue weighted by atomic mass is 79.9. The standard InChI is InChI=1S/C18H21BrN2O4S/c1-4-9-25-16-8-6-14(11-15(16)19)12-20-21-26(22,23)18-10-13(2)5-7-17(18)24-3/h5-8,10-12,21H,4,9H2,1-3H3/b20-12+. The Bertz CT molecular complexity index is 898. The number of hydrogen-bond acceptors (Lipinski definition) is 5. The van der Waals surface area contributed by atoms with Crippen LogP contribution < -0.4 is 14.3 Å². The summed E-state index contributed by atoms with van der Waals surface area (Å²) in [6, 6.07) is 10.3. The number of hydrazone groups is 1. The molecule has 8 heteroatoms. The lowest BCUT2D eigenvalue weighted by Crippen LogP contribution is -2.19. The van der Waals surface area contributed by atoms with Crippen molar-refractivity contribution < 1.29 is 17.9 Å². The molecule has 0 aliphatic rings. The molecule has 0 spiro atoms. The van der Waals surface area contributed by atoms with E-state index in [1.54, 1.807) is 37.3 Å². The normalized spacial score (nSPS) is 11.5. The summed E-state index contributed by atoms with van der Waals surface area (Å²) in [6.07, 6.45) is 2.34. The van der Waals surface area contributed by atoms with Crippen molar-refractivity contribution in [3.8, 4) is 11.5 Å². The van der Waals surface area contributed by atoms with Crippen molar-refractivity contribution in [2.75, 3.05) is 13.7 Å². The molecular formula is C18H21BrN2O4S. The fourth-order valence-electron chi connectivity index (χ4n) is 2.14. The molecule has 0 aliphatic carbocycles. The molecule has 0 radical (unpaired) electrons. The van der Waals surface area contributed by atoms with Gasteiger partial charge in [0.2, 0.25) is 0 Å². The Morgan fingerprint density at radius 2 is 1.92 bits per heavy atom. The maximum absolute atomic E-state index is 12.5. The van der Waals surface area contributed by atoms with Crippen molar-refractivity contribution in [2.45, 2.75) is 25.2 Å². The molecule has 0 bridgehead atoms. The molecule has 0 amide bonds. The third-order valence-corrected chi connectivity index (χ3v) is 5.28. The van der Waals surface area contributed by atoms with Crippen LogP contribution in [0.15, 0.2) is 50.9 Å². The largest absolute Gasteiger partial charge is 0.495 e. The second-order valence-electron chi connectivity index (χ2n) is 5.55. The molecule has 2 rings (SSSR count). The first-order valence-electron chi connectivity index (χ1n) is 7.99. The quantitative estimate of drug-likeness (QED) is 0.499. The van der Waals surface area contributed by atoms with E-state index >= 15 is 0 Å². The van der Waals surface area contributed by atoms with Gasteiger partial charge in [-0.25, -0.2) is 0 Å². The van der Waals surface area contributed by atoms with Gasteiger partial charge in [-0.05, 0) is 70.7 Å². The lowest BCUT2D eigenvalue weighted by atomic mass is 10.2. The van der Waals surface area contributed by atoms with Crippen LogP contribution in [0.5, 0.6) is 11.5 Å². The van der Waals surface area contributed by atoms with Crippen molar-refractivity contribution in [2.24, 2.45) is 5.10 Å². The van der Waals surface area contributed by atoms with Gasteiger partial charge in [0.25, 0.3) is 10.0 Å². The lowest BCUT2D eigenvalue weighted by Gasteiger charge is -2.10. The van der Waals surface area contributed by atoms with Crippen LogP contribution in [-0.4, -0.2) is 28.3 Å². The van der Waals surface area contributed by atoms with Crippen LogP contribution in [0.25, 0.3) is 0 Å². The topological polar surface area (TPSA) is 77.0 Å². The van der Waals surface area contributed by atoms with Crippen LogP contribution in [0.4, 0.5) is 0 Å². The number of aryl methyl sites for hydroxylation is 1. The van der Waals surface area contributed by atoms with E-state index in [2.05, 4.69) is 25.9 Å². The second-order valence-corrected chi connectivity index (χ2v) is 8.03. The van der Waals surface area contributed by atoms with Gasteiger partial charge in [0, 0.05) is 0 Å². The van der Waals surface area contributed by atoms with E-state index in [-0.39, 0.29) is 10.6 Å². The fraction of sp³-hybridized carbons (Fsp3) is 0.278. The van der Waals surface area contributed by atoms with Crippen molar-refractivity contribution in [3.05, 3.63) is 52.0 Å². The zero-order chi connectivity index (χ0) is 19.2. The van der Waals surface area contributed by atoms with E-state index in [1.165, 1.54) is 19.4 Å². The molecule has 0 aromatic heterocycles. The van der Waals surface area contributed by atoms with E-state index in [0.29, 0.717) is 6.61 Å². The molecule has 0 heterocycles. The Kier molecular flexibility index (Phi) is 7.05. The molecule has 0 saturated carbocycles. The number of sulfonamides is 1. The summed E-state index contributed by atoms with van der Waals surface area (Å²) in [4.78, 5) is 2.25. The summed E-state index contributed by atoms with van der Waals surface area (Å²) < 4.78 is 36.4. The molecule has 2 aromatic carbocycles. The molecule has 6 nitrogen and oxygen atoms in total. The number of ether oxygens (including phenoxy) is 2. The van der Waals surface area contributed by atoms with Gasteiger partial charge >= 0.3 is 0 Å². The number of methoxy groups -OCH3 is 1. The first-order valence-corrected chi connectivity index (χ1v) is 10.3. The van der Waals surface area contributed by atoms with Gasteiger partial charge in [-0.2, -0.15) is 18.4 Å². The molecule has 140 valence electrons. The van der Waals surface area contributed by atoms with Crippen molar-refractivity contribution in [1.29, 1.82) is 0 Å². The van der Waals surface area contributed by atoms with Crippen LogP contribution in [-0.2, 0) is 10.0 Å². The summed E-state index contributed by atoms with van der Waals surface area (Å²) in [6.45, 7) is 4.47. The van der Waals surface area contributed by atoms with E-state index in [0.717, 1.165) is 27.8 Å². The van der Waals surface area contributed by atoms with Gasteiger partial charge < -0.3 is 9.47 Å². The number of hydrogen-bond donors (Lipinski definition) is 1. The Labute approximate surface area is 162 Å². The summed E-state index contributed by atoms with van der Waals surface area (Å²) in [5, 5.41) is 3.85. The minimum atomic E-state index is -3.84. The number of halogens is 1. The third kappa shape index (κ3) is 5.22. The number of benzene rings is 2. The average molecular weight is 441 g/mol. The molecule has 1 N–H and O–H groups in total. The molecule has 0 unspecified atom stereocenters. The first-order chi connectivity index (χ1) is 12.4. The smallest absolute Gasteiger partial charge is 0.280 e. The molecule has 0 fully saturated rings. The van der Waals surface area contributed by atoms with Gasteiger partial charge in [0.05, 0.1) is 24.4 Å². The Morgan fingerprint density at radius 1 is 1.19 bits per heavy atom. The van der Waals surface area contributed by atoms with Gasteiger partial charge in [-0.1, -0.05) is 13.0 Å². The third-order valence-electron chi connectivity index (χ3n) is 3.41. The van der Waals surface area contributed by atoms with Crippen LogP contribution >= 0.6 is 15.9 Å². The van der Waals surface area contributed by atoms with E-state index in [9.17, 15) is 8.42 Å². The number of nitrogens with one attached hydrogen (secondary N) is 1. The molecule has 2 aromatic rings. The molecular weight excluding hydrogens is 420 g/mol. The summed E-state index contributed by atoms with van der Waals surface area (Å²) >= 11 is 3.43. The zero-order valence-electron chi connectivity index (χ0n) is 14.8. The highest BCUT2D eigenvalue weighted by molar-refractivity contribution is 9.10. The van der Waals surface area contributed by atoms with E-state index in [4.69, 9.17) is 9.47 Å². The second kappa shape index (κ2) is 9.05. The molecule has 0 aliphatic heterocycles. The maximum Gasteiger partial charge on any atom is 0.280 e. The van der Waals surface area contributed by atoms with Crippen molar-refractivity contribution >= 4 is 32.2 Å². The van der Waals surface area contributed by atoms with Crippen LogP contribution in [0, 0.1) is 6.92 Å². The highest BCUT2D eigenvalue weighted by Gasteiger charge is 2.18. The lowest BCUT2D eigenvalue weighted by molar-refractivity contribution is 0.315. The monoisotopic (exact) mass is 440 g/mol. The summed E-state index contributed by atoms with van der Waals surface area (Å²) in [5.41, 5.74) is 1.53. The SMILES string of the molecule is CCCOc1ccc(/C=N/NS(=O)(=O)c2cc(C)ccc2OC)cc1Br. The molecule has 26 heavy (non-hydrogen) atoms. The van der Waals surface area contributed by atoms with Crippen molar-refractivity contribution in [3.63, 3.8) is 0 Å². The molecule has 0 saturated heterocycles. The maximum atomic E-state index is 12.5. The van der Waals surface area contributed by atoms with Crippen molar-refractivity contribution in [1.82, 2.24) is 4.83 Å².